The minimum absolute atomic E-state index is 0.000957. The summed E-state index contributed by atoms with van der Waals surface area (Å²) in [4.78, 5) is 17.2. The van der Waals surface area contributed by atoms with Crippen molar-refractivity contribution in [1.29, 1.82) is 0 Å². The van der Waals surface area contributed by atoms with E-state index in [2.05, 4.69) is 30.1 Å². The van der Waals surface area contributed by atoms with Crippen molar-refractivity contribution in [3.8, 4) is 17.8 Å². The quantitative estimate of drug-likeness (QED) is 0.486. The molecule has 4 aliphatic rings. The number of halogens is 3. The highest BCUT2D eigenvalue weighted by Crippen LogP contribution is 2.31. The fourth-order valence-corrected chi connectivity index (χ4v) is 6.33. The third-order valence-corrected chi connectivity index (χ3v) is 8.15. The molecule has 214 valence electrons. The lowest BCUT2D eigenvalue weighted by atomic mass is 10.0. The maximum Gasteiger partial charge on any atom is 0.324 e. The van der Waals surface area contributed by atoms with E-state index in [9.17, 15) is 18.3 Å². The van der Waals surface area contributed by atoms with Crippen LogP contribution < -0.4 is 19.7 Å². The lowest BCUT2D eigenvalue weighted by Crippen LogP contribution is -2.51. The Morgan fingerprint density at radius 1 is 1.02 bits per heavy atom. The predicted octanol–water partition coefficient (Wildman–Crippen LogP) is 3.73. The molecule has 0 amide bonds. The number of ether oxygens (including phenoxy) is 2. The molecular formula is C28H33F3N6O3. The molecule has 4 saturated heterocycles. The third kappa shape index (κ3) is 5.60. The third-order valence-electron chi connectivity index (χ3n) is 8.15. The molecule has 2 bridgehead atoms. The molecule has 0 saturated carbocycles. The summed E-state index contributed by atoms with van der Waals surface area (Å²) in [6.45, 7) is 3.22. The summed E-state index contributed by atoms with van der Waals surface area (Å²) in [6, 6.07) is 6.61. The van der Waals surface area contributed by atoms with E-state index in [1.165, 1.54) is 38.2 Å². The minimum atomic E-state index is -0.999. The topological polar surface area (TPSA) is 95.9 Å². The van der Waals surface area contributed by atoms with Crippen molar-refractivity contribution in [2.75, 3.05) is 38.2 Å². The highest BCUT2D eigenvalue weighted by molar-refractivity contribution is 5.87. The number of alkyl halides is 1. The molecule has 2 N–H and O–H groups in total. The first kappa shape index (κ1) is 26.8. The van der Waals surface area contributed by atoms with Crippen molar-refractivity contribution in [3.63, 3.8) is 0 Å². The number of phenolic OH excluding ortho intramolecular Hbond substituents is 1. The van der Waals surface area contributed by atoms with Gasteiger partial charge in [0.05, 0.1) is 7.11 Å². The smallest absolute Gasteiger partial charge is 0.324 e. The van der Waals surface area contributed by atoms with Gasteiger partial charge >= 0.3 is 12.0 Å². The summed E-state index contributed by atoms with van der Waals surface area (Å²) in [5.74, 6) is -1.61. The first-order chi connectivity index (χ1) is 19.4. The van der Waals surface area contributed by atoms with Gasteiger partial charge in [-0.15, -0.1) is 4.98 Å². The minimum Gasteiger partial charge on any atom is -0.508 e. The molecule has 0 spiro atoms. The molecule has 1 aromatic heterocycles. The largest absolute Gasteiger partial charge is 0.508 e. The van der Waals surface area contributed by atoms with Gasteiger partial charge in [0.15, 0.2) is 11.6 Å². The number of benzene rings is 2. The lowest BCUT2D eigenvalue weighted by molar-refractivity contribution is 0.270. The van der Waals surface area contributed by atoms with Crippen LogP contribution in [-0.4, -0.2) is 82.5 Å². The number of piperazine rings is 1. The van der Waals surface area contributed by atoms with Gasteiger partial charge in [-0.25, -0.2) is 13.2 Å². The van der Waals surface area contributed by atoms with Crippen molar-refractivity contribution < 1.29 is 27.8 Å². The van der Waals surface area contributed by atoms with E-state index >= 15 is 0 Å². The molecule has 0 aliphatic carbocycles. The average molecular weight is 559 g/mol. The van der Waals surface area contributed by atoms with Gasteiger partial charge in [0.25, 0.3) is 0 Å². The van der Waals surface area contributed by atoms with Crippen LogP contribution in [0.3, 0.4) is 0 Å². The zero-order valence-electron chi connectivity index (χ0n) is 22.3. The molecule has 40 heavy (non-hydrogen) atoms. The molecule has 0 radical (unpaired) electrons. The second kappa shape index (κ2) is 11.2. The summed E-state index contributed by atoms with van der Waals surface area (Å²) in [7, 11) is 1.45. The van der Waals surface area contributed by atoms with Crippen LogP contribution in [0.15, 0.2) is 24.3 Å². The maximum atomic E-state index is 14.4. The van der Waals surface area contributed by atoms with E-state index in [4.69, 9.17) is 9.47 Å². The van der Waals surface area contributed by atoms with Gasteiger partial charge in [0, 0.05) is 48.7 Å². The molecule has 3 aromatic rings. The van der Waals surface area contributed by atoms with Crippen LogP contribution in [0.4, 0.5) is 19.1 Å². The molecule has 2 aromatic carbocycles. The number of nitrogens with one attached hydrogen (secondary N) is 1. The number of aromatic hydroxyl groups is 1. The summed E-state index contributed by atoms with van der Waals surface area (Å²) in [6.07, 6.45) is 5.03. The van der Waals surface area contributed by atoms with Gasteiger partial charge in [0.2, 0.25) is 5.95 Å². The Morgan fingerprint density at radius 3 is 2.55 bits per heavy atom. The Hall–Kier alpha value is -3.38. The van der Waals surface area contributed by atoms with E-state index in [1.807, 2.05) is 0 Å². The van der Waals surface area contributed by atoms with Gasteiger partial charge in [-0.2, -0.15) is 9.97 Å². The van der Waals surface area contributed by atoms with E-state index in [0.717, 1.165) is 45.0 Å². The number of anilines is 1. The molecule has 5 heterocycles. The van der Waals surface area contributed by atoms with Crippen LogP contribution in [0.5, 0.6) is 17.8 Å². The second-order valence-corrected chi connectivity index (χ2v) is 10.9. The number of hydrogen-bond donors (Lipinski definition) is 2. The maximum absolute atomic E-state index is 14.4. The van der Waals surface area contributed by atoms with Crippen LogP contribution in [0.25, 0.3) is 10.8 Å². The second-order valence-electron chi connectivity index (χ2n) is 10.9. The summed E-state index contributed by atoms with van der Waals surface area (Å²) < 4.78 is 51.7. The van der Waals surface area contributed by atoms with Gasteiger partial charge in [0.1, 0.15) is 18.5 Å². The molecule has 4 unspecified atom stereocenters. The van der Waals surface area contributed by atoms with E-state index in [-0.39, 0.29) is 35.3 Å². The van der Waals surface area contributed by atoms with Crippen molar-refractivity contribution in [1.82, 2.24) is 25.2 Å². The van der Waals surface area contributed by atoms with Gasteiger partial charge < -0.3 is 24.8 Å². The number of methoxy groups -OCH3 is 1. The lowest BCUT2D eigenvalue weighted by Gasteiger charge is -2.32. The van der Waals surface area contributed by atoms with Crippen LogP contribution in [0.2, 0.25) is 0 Å². The van der Waals surface area contributed by atoms with Crippen LogP contribution in [-0.2, 0) is 6.61 Å². The molecule has 9 nitrogen and oxygen atoms in total. The average Bonchev–Trinajstić information content (AvgIpc) is 3.63. The van der Waals surface area contributed by atoms with E-state index in [1.54, 1.807) is 0 Å². The summed E-state index contributed by atoms with van der Waals surface area (Å²) in [5, 5.41) is 13.9. The first-order valence-corrected chi connectivity index (χ1v) is 13.8. The zero-order valence-corrected chi connectivity index (χ0v) is 22.3. The number of fused-ring (bicyclic) bond motifs is 4. The zero-order chi connectivity index (χ0) is 27.8. The predicted molar refractivity (Wildman–Crippen MR) is 143 cm³/mol. The highest BCUT2D eigenvalue weighted by Gasteiger charge is 2.35. The fraction of sp³-hybridized carbons (Fsp3) is 0.536. The standard InChI is InChI=1S/C21H21F2N5O3.C7H12FN/c1-30-20-25-19(28-8-13-3-4-14(9-28)24-13)26-21(27-20)31-10-12-7-15(29)6-11-2-5-16(22)18(23)17(11)12;8-6-4-7-2-1-3-9(7)5-6/h2,5-7,13-14,24,29H,3-4,8-10H2,1H3;6-7H,1-5H2. The molecular weight excluding hydrogens is 525 g/mol. The summed E-state index contributed by atoms with van der Waals surface area (Å²) in [5.41, 5.74) is 0.271. The fourth-order valence-electron chi connectivity index (χ4n) is 6.33. The Kier molecular flexibility index (Phi) is 7.54. The molecule has 4 aliphatic heterocycles. The number of aromatic nitrogens is 3. The van der Waals surface area contributed by atoms with Crippen LogP contribution in [0, 0.1) is 11.6 Å². The normalized spacial score (nSPS) is 25.6. The van der Waals surface area contributed by atoms with Crippen molar-refractivity contribution in [2.45, 2.75) is 63.0 Å². The van der Waals surface area contributed by atoms with Crippen molar-refractivity contribution in [2.24, 2.45) is 0 Å². The Balaban J connectivity index is 0.000000271. The first-order valence-electron chi connectivity index (χ1n) is 13.8. The monoisotopic (exact) mass is 558 g/mol. The van der Waals surface area contributed by atoms with Crippen molar-refractivity contribution >= 4 is 16.7 Å². The van der Waals surface area contributed by atoms with Crippen molar-refractivity contribution in [3.05, 3.63) is 41.5 Å². The number of phenols is 1. The molecule has 4 fully saturated rings. The van der Waals surface area contributed by atoms with E-state index in [0.29, 0.717) is 36.0 Å². The Bertz CT molecular complexity index is 1360. The Labute approximate surface area is 230 Å². The van der Waals surface area contributed by atoms with Crippen LogP contribution >= 0.6 is 0 Å². The Morgan fingerprint density at radius 2 is 1.80 bits per heavy atom. The number of hydrogen-bond acceptors (Lipinski definition) is 9. The summed E-state index contributed by atoms with van der Waals surface area (Å²) >= 11 is 0. The molecule has 7 rings (SSSR count). The number of nitrogens with zero attached hydrogens (tertiary/aromatic N) is 5. The molecule has 12 heteroatoms. The van der Waals surface area contributed by atoms with Gasteiger partial charge in [-0.1, -0.05) is 6.07 Å². The van der Waals surface area contributed by atoms with Gasteiger partial charge in [-0.05, 0) is 62.2 Å². The van der Waals surface area contributed by atoms with Gasteiger partial charge in [-0.3, -0.25) is 4.90 Å². The van der Waals surface area contributed by atoms with E-state index < -0.39 is 17.8 Å². The molecule has 4 atom stereocenters. The SMILES string of the molecule is COc1nc(OCc2cc(O)cc3ccc(F)c(F)c23)nc(N2CC3CCC(C2)N3)n1.FC1CC2CCCN2C1. The van der Waals surface area contributed by atoms with Crippen LogP contribution in [0.1, 0.15) is 37.7 Å². The highest BCUT2D eigenvalue weighted by atomic mass is 19.2. The number of rotatable bonds is 5.